The van der Waals surface area contributed by atoms with Crippen molar-refractivity contribution in [3.05, 3.63) is 40.0 Å². The zero-order valence-corrected chi connectivity index (χ0v) is 11.9. The highest BCUT2D eigenvalue weighted by Crippen LogP contribution is 2.42. The van der Waals surface area contributed by atoms with Crippen LogP contribution in [0.15, 0.2) is 39.4 Å². The number of amides is 2. The topological polar surface area (TPSA) is 84.6 Å². The lowest BCUT2D eigenvalue weighted by molar-refractivity contribution is -0.117. The molecule has 2 aliphatic rings. The average Bonchev–Trinajstić information content (AvgIpc) is 2.86. The molecule has 0 bridgehead atoms. The summed E-state index contributed by atoms with van der Waals surface area (Å²) in [5.74, 6) is -0.866. The second-order valence-electron chi connectivity index (χ2n) is 4.17. The van der Waals surface area contributed by atoms with Crippen molar-refractivity contribution in [2.24, 2.45) is 10.7 Å². The van der Waals surface area contributed by atoms with E-state index >= 15 is 0 Å². The van der Waals surface area contributed by atoms with Crippen molar-refractivity contribution in [2.75, 3.05) is 5.32 Å². The standard InChI is InChI=1S/C12H8BrN3O2.ClH/c13-6-1-2-8-7(3-6)12(11(18)16-8)4-9(10(14)17)15-5-12;/h1-5H,(H2,14,17)(H,16,18);1H/t12-;/m0./s1. The van der Waals surface area contributed by atoms with Crippen molar-refractivity contribution in [1.29, 1.82) is 0 Å². The number of hydrogen-bond acceptors (Lipinski definition) is 3. The second-order valence-corrected chi connectivity index (χ2v) is 5.08. The van der Waals surface area contributed by atoms with E-state index in [1.54, 1.807) is 6.07 Å². The Bertz CT molecular complexity index is 656. The van der Waals surface area contributed by atoms with Crippen LogP contribution >= 0.6 is 28.3 Å². The molecule has 2 amide bonds. The van der Waals surface area contributed by atoms with Crippen LogP contribution < -0.4 is 11.1 Å². The lowest BCUT2D eigenvalue weighted by Crippen LogP contribution is -2.32. The van der Waals surface area contributed by atoms with Crippen LogP contribution in [0.4, 0.5) is 5.69 Å². The second kappa shape index (κ2) is 4.47. The number of fused-ring (bicyclic) bond motifs is 2. The van der Waals surface area contributed by atoms with Gasteiger partial charge in [0.15, 0.2) is 0 Å². The van der Waals surface area contributed by atoms with Crippen molar-refractivity contribution in [3.8, 4) is 0 Å². The molecule has 0 unspecified atom stereocenters. The van der Waals surface area contributed by atoms with Gasteiger partial charge in [0, 0.05) is 21.9 Å². The van der Waals surface area contributed by atoms with Crippen LogP contribution in [0.5, 0.6) is 0 Å². The van der Waals surface area contributed by atoms with Crippen molar-refractivity contribution >= 4 is 52.1 Å². The average molecular weight is 343 g/mol. The normalized spacial score (nSPS) is 22.8. The molecule has 3 N–H and O–H groups in total. The van der Waals surface area contributed by atoms with E-state index in [1.807, 2.05) is 12.1 Å². The van der Waals surface area contributed by atoms with Gasteiger partial charge in [-0.2, -0.15) is 0 Å². The summed E-state index contributed by atoms with van der Waals surface area (Å²) in [6, 6.07) is 5.47. The molecule has 1 spiro atoms. The largest absolute Gasteiger partial charge is 0.364 e. The summed E-state index contributed by atoms with van der Waals surface area (Å²) in [5.41, 5.74) is 5.77. The molecule has 0 radical (unpaired) electrons. The smallest absolute Gasteiger partial charge is 0.267 e. The Balaban J connectivity index is 0.00000133. The van der Waals surface area contributed by atoms with Gasteiger partial charge in [-0.05, 0) is 24.3 Å². The molecule has 0 saturated carbocycles. The van der Waals surface area contributed by atoms with Crippen LogP contribution in [-0.2, 0) is 15.0 Å². The molecule has 0 fully saturated rings. The number of hydrogen-bond donors (Lipinski definition) is 2. The van der Waals surface area contributed by atoms with Crippen molar-refractivity contribution < 1.29 is 9.59 Å². The summed E-state index contributed by atoms with van der Waals surface area (Å²) in [6.07, 6.45) is 2.96. The molecule has 5 nitrogen and oxygen atoms in total. The number of rotatable bonds is 1. The fourth-order valence-corrected chi connectivity index (χ4v) is 2.54. The lowest BCUT2D eigenvalue weighted by Gasteiger charge is -2.14. The van der Waals surface area contributed by atoms with Gasteiger partial charge in [-0.1, -0.05) is 15.9 Å². The number of nitrogens with one attached hydrogen (secondary N) is 1. The monoisotopic (exact) mass is 341 g/mol. The predicted octanol–water partition coefficient (Wildman–Crippen LogP) is 1.51. The van der Waals surface area contributed by atoms with Gasteiger partial charge in [0.25, 0.3) is 5.91 Å². The Morgan fingerprint density at radius 1 is 1.42 bits per heavy atom. The van der Waals surface area contributed by atoms with Crippen LogP contribution in [0.3, 0.4) is 0 Å². The Morgan fingerprint density at radius 2 is 2.16 bits per heavy atom. The van der Waals surface area contributed by atoms with Gasteiger partial charge >= 0.3 is 0 Å². The minimum Gasteiger partial charge on any atom is -0.364 e. The summed E-state index contributed by atoms with van der Waals surface area (Å²) < 4.78 is 0.853. The molecule has 2 aliphatic heterocycles. The van der Waals surface area contributed by atoms with Crippen molar-refractivity contribution in [2.45, 2.75) is 5.41 Å². The first kappa shape index (κ1) is 13.8. The first-order chi connectivity index (χ1) is 8.53. The van der Waals surface area contributed by atoms with Crippen molar-refractivity contribution in [3.63, 3.8) is 0 Å². The van der Waals surface area contributed by atoms with E-state index in [-0.39, 0.29) is 24.0 Å². The summed E-state index contributed by atoms with van der Waals surface area (Å²) >= 11 is 3.36. The van der Waals surface area contributed by atoms with Crippen molar-refractivity contribution in [1.82, 2.24) is 0 Å². The first-order valence-electron chi connectivity index (χ1n) is 5.22. The maximum atomic E-state index is 12.1. The van der Waals surface area contributed by atoms with Gasteiger partial charge in [-0.3, -0.25) is 14.6 Å². The van der Waals surface area contributed by atoms with E-state index in [0.29, 0.717) is 0 Å². The minimum absolute atomic E-state index is 0. The zero-order chi connectivity index (χ0) is 12.9. The maximum Gasteiger partial charge on any atom is 0.267 e. The highest BCUT2D eigenvalue weighted by molar-refractivity contribution is 9.10. The zero-order valence-electron chi connectivity index (χ0n) is 9.51. The molecule has 7 heteroatoms. The summed E-state index contributed by atoms with van der Waals surface area (Å²) in [5, 5.41) is 2.77. The van der Waals surface area contributed by atoms with Crippen LogP contribution in [0.2, 0.25) is 0 Å². The Kier molecular flexibility index (Phi) is 3.24. The van der Waals surface area contributed by atoms with Gasteiger partial charge in [0.2, 0.25) is 5.91 Å². The number of anilines is 1. The lowest BCUT2D eigenvalue weighted by atomic mass is 9.83. The Labute approximate surface area is 123 Å². The number of benzene rings is 1. The fourth-order valence-electron chi connectivity index (χ4n) is 2.18. The summed E-state index contributed by atoms with van der Waals surface area (Å²) in [4.78, 5) is 27.2. The van der Waals surface area contributed by atoms with E-state index in [2.05, 4.69) is 26.2 Å². The molecule has 0 aliphatic carbocycles. The van der Waals surface area contributed by atoms with Gasteiger partial charge in [-0.25, -0.2) is 0 Å². The number of carbonyl (C=O) groups excluding carboxylic acids is 2. The van der Waals surface area contributed by atoms with Gasteiger partial charge in [-0.15, -0.1) is 12.4 Å². The minimum atomic E-state index is -1.01. The molecule has 2 heterocycles. The van der Waals surface area contributed by atoms with Gasteiger partial charge < -0.3 is 11.1 Å². The Morgan fingerprint density at radius 3 is 2.79 bits per heavy atom. The third kappa shape index (κ3) is 1.87. The fraction of sp³-hybridized carbons (Fsp3) is 0.0833. The van der Waals surface area contributed by atoms with Crippen LogP contribution in [0.1, 0.15) is 5.56 Å². The molecule has 98 valence electrons. The van der Waals surface area contributed by atoms with E-state index < -0.39 is 11.3 Å². The molecule has 3 rings (SSSR count). The third-order valence-electron chi connectivity index (χ3n) is 3.08. The van der Waals surface area contributed by atoms with E-state index in [0.717, 1.165) is 15.7 Å². The molecular weight excluding hydrogens is 334 g/mol. The van der Waals surface area contributed by atoms with E-state index in [1.165, 1.54) is 12.3 Å². The Hall–Kier alpha value is -1.66. The SMILES string of the molecule is Cl.NC(=O)C1=C[C@@]2(C=N1)C(=O)Nc1ccc(Br)cc12. The number of nitrogens with two attached hydrogens (primary N) is 1. The highest BCUT2D eigenvalue weighted by atomic mass is 79.9. The third-order valence-corrected chi connectivity index (χ3v) is 3.57. The maximum absolute atomic E-state index is 12.1. The first-order valence-corrected chi connectivity index (χ1v) is 6.01. The molecule has 1 atom stereocenters. The van der Waals surface area contributed by atoms with E-state index in [4.69, 9.17) is 5.73 Å². The van der Waals surface area contributed by atoms with Crippen LogP contribution in [0, 0.1) is 0 Å². The molecule has 0 aromatic heterocycles. The molecule has 1 aromatic carbocycles. The molecule has 0 saturated heterocycles. The summed E-state index contributed by atoms with van der Waals surface area (Å²) in [6.45, 7) is 0. The molecule has 1 aromatic rings. The number of aliphatic imine (C=N–C) groups is 1. The predicted molar refractivity (Wildman–Crippen MR) is 77.5 cm³/mol. The molecule has 19 heavy (non-hydrogen) atoms. The van der Waals surface area contributed by atoms with Gasteiger partial charge in [0.05, 0.1) is 0 Å². The quantitative estimate of drug-likeness (QED) is 0.811. The highest BCUT2D eigenvalue weighted by Gasteiger charge is 2.47. The van der Waals surface area contributed by atoms with Crippen LogP contribution in [0.25, 0.3) is 0 Å². The van der Waals surface area contributed by atoms with E-state index in [9.17, 15) is 9.59 Å². The number of nitrogens with zero attached hydrogens (tertiary/aromatic N) is 1. The van der Waals surface area contributed by atoms with Gasteiger partial charge in [0.1, 0.15) is 11.1 Å². The van der Waals surface area contributed by atoms with Crippen LogP contribution in [-0.4, -0.2) is 18.0 Å². The number of primary amides is 1. The molecular formula is C12H9BrClN3O2. The number of halogens is 2. The number of carbonyl (C=O) groups is 2. The summed E-state index contributed by atoms with van der Waals surface area (Å²) in [7, 11) is 0.